The van der Waals surface area contributed by atoms with Crippen LogP contribution in [0.1, 0.15) is 26.7 Å². The van der Waals surface area contributed by atoms with Crippen LogP contribution in [0.15, 0.2) is 33.9 Å². The third-order valence-corrected chi connectivity index (χ3v) is 3.92. The van der Waals surface area contributed by atoms with Gasteiger partial charge in [-0.05, 0) is 24.5 Å². The van der Waals surface area contributed by atoms with Crippen molar-refractivity contribution in [3.05, 3.63) is 45.1 Å². The van der Waals surface area contributed by atoms with Crippen LogP contribution in [0.2, 0.25) is 0 Å². The van der Waals surface area contributed by atoms with E-state index < -0.39 is 29.2 Å². The summed E-state index contributed by atoms with van der Waals surface area (Å²) in [5.41, 5.74) is -0.479. The minimum Gasteiger partial charge on any atom is -0.480 e. The summed E-state index contributed by atoms with van der Waals surface area (Å²) in [4.78, 5) is 50.0. The van der Waals surface area contributed by atoms with Crippen LogP contribution >= 0.6 is 0 Å². The summed E-state index contributed by atoms with van der Waals surface area (Å²) in [6.45, 7) is 3.48. The number of aromatic amines is 1. The number of nitrogens with zero attached hydrogens (tertiary/aromatic N) is 1. The quantitative estimate of drug-likeness (QED) is 0.680. The van der Waals surface area contributed by atoms with Gasteiger partial charge in [0.1, 0.15) is 6.04 Å². The van der Waals surface area contributed by atoms with E-state index in [1.165, 1.54) is 0 Å². The monoisotopic (exact) mass is 347 g/mol. The standard InChI is InChI=1S/C17H21N3O5/c1-10(2)14(16(23)24)19-13(21)8-5-9-20-15(22)11-6-3-4-7-12(11)18-17(20)25/h3-4,6-7,10,14H,5,8-9H2,1-2H3,(H,18,25)(H,19,21)(H,23,24)/t14-/m1/s1. The molecule has 0 aliphatic rings. The van der Waals surface area contributed by atoms with E-state index >= 15 is 0 Å². The van der Waals surface area contributed by atoms with Gasteiger partial charge >= 0.3 is 11.7 Å². The molecular formula is C17H21N3O5. The zero-order valence-electron chi connectivity index (χ0n) is 14.1. The summed E-state index contributed by atoms with van der Waals surface area (Å²) in [6.07, 6.45) is 0.271. The van der Waals surface area contributed by atoms with E-state index in [9.17, 15) is 19.2 Å². The summed E-state index contributed by atoms with van der Waals surface area (Å²) in [7, 11) is 0. The zero-order valence-corrected chi connectivity index (χ0v) is 14.1. The van der Waals surface area contributed by atoms with E-state index in [0.717, 1.165) is 4.57 Å². The Morgan fingerprint density at radius 2 is 1.92 bits per heavy atom. The highest BCUT2D eigenvalue weighted by molar-refractivity contribution is 5.83. The van der Waals surface area contributed by atoms with Crippen LogP contribution in [-0.2, 0) is 16.1 Å². The summed E-state index contributed by atoms with van der Waals surface area (Å²) in [6, 6.07) is 5.74. The molecule has 0 saturated carbocycles. The lowest BCUT2D eigenvalue weighted by Gasteiger charge is -2.17. The SMILES string of the molecule is CC(C)[C@@H](NC(=O)CCCn1c(=O)[nH]c2ccccc2c1=O)C(=O)O. The summed E-state index contributed by atoms with van der Waals surface area (Å²) < 4.78 is 1.05. The first kappa shape index (κ1) is 18.4. The lowest BCUT2D eigenvalue weighted by atomic mass is 10.0. The number of hydrogen-bond donors (Lipinski definition) is 3. The van der Waals surface area contributed by atoms with Crippen molar-refractivity contribution in [1.29, 1.82) is 0 Å². The number of aromatic nitrogens is 2. The molecule has 8 nitrogen and oxygen atoms in total. The fourth-order valence-corrected chi connectivity index (χ4v) is 2.56. The molecule has 25 heavy (non-hydrogen) atoms. The van der Waals surface area contributed by atoms with Gasteiger partial charge in [0, 0.05) is 13.0 Å². The average molecular weight is 347 g/mol. The van der Waals surface area contributed by atoms with Gasteiger partial charge in [-0.15, -0.1) is 0 Å². The first-order valence-electron chi connectivity index (χ1n) is 8.05. The Morgan fingerprint density at radius 1 is 1.24 bits per heavy atom. The first-order chi connectivity index (χ1) is 11.8. The number of H-pyrrole nitrogens is 1. The van der Waals surface area contributed by atoms with E-state index in [1.807, 2.05) is 0 Å². The van der Waals surface area contributed by atoms with Crippen molar-refractivity contribution in [2.75, 3.05) is 0 Å². The van der Waals surface area contributed by atoms with Gasteiger partial charge in [0.25, 0.3) is 5.56 Å². The minimum atomic E-state index is -1.09. The number of carbonyl (C=O) groups excluding carboxylic acids is 1. The molecule has 1 atom stereocenters. The molecule has 0 aliphatic heterocycles. The number of amides is 1. The van der Waals surface area contributed by atoms with Crippen LogP contribution in [0.4, 0.5) is 0 Å². The molecule has 2 rings (SSSR count). The van der Waals surface area contributed by atoms with Crippen molar-refractivity contribution in [2.24, 2.45) is 5.92 Å². The smallest absolute Gasteiger partial charge is 0.328 e. The molecule has 2 aromatic rings. The van der Waals surface area contributed by atoms with E-state index in [1.54, 1.807) is 38.1 Å². The number of benzene rings is 1. The van der Waals surface area contributed by atoms with Crippen molar-refractivity contribution >= 4 is 22.8 Å². The second kappa shape index (κ2) is 7.78. The lowest BCUT2D eigenvalue weighted by Crippen LogP contribution is -2.44. The maximum atomic E-state index is 12.3. The number of hydrogen-bond acceptors (Lipinski definition) is 4. The van der Waals surface area contributed by atoms with Gasteiger partial charge in [-0.2, -0.15) is 0 Å². The molecule has 1 heterocycles. The van der Waals surface area contributed by atoms with Crippen LogP contribution in [-0.4, -0.2) is 32.6 Å². The molecule has 0 aliphatic carbocycles. The van der Waals surface area contributed by atoms with Gasteiger partial charge in [-0.1, -0.05) is 26.0 Å². The third kappa shape index (κ3) is 4.34. The molecule has 3 N–H and O–H groups in total. The molecule has 1 aromatic heterocycles. The largest absolute Gasteiger partial charge is 0.480 e. The fourth-order valence-electron chi connectivity index (χ4n) is 2.56. The topological polar surface area (TPSA) is 121 Å². The van der Waals surface area contributed by atoms with Gasteiger partial charge in [-0.25, -0.2) is 9.59 Å². The van der Waals surface area contributed by atoms with Gasteiger partial charge in [0.05, 0.1) is 10.9 Å². The highest BCUT2D eigenvalue weighted by Crippen LogP contribution is 2.05. The van der Waals surface area contributed by atoms with Crippen molar-refractivity contribution in [2.45, 2.75) is 39.3 Å². The number of para-hydroxylation sites is 1. The molecule has 0 unspecified atom stereocenters. The number of aliphatic carboxylic acids is 1. The molecule has 0 radical (unpaired) electrons. The molecule has 1 amide bonds. The van der Waals surface area contributed by atoms with Crippen molar-refractivity contribution in [3.63, 3.8) is 0 Å². The van der Waals surface area contributed by atoms with Gasteiger partial charge < -0.3 is 15.4 Å². The van der Waals surface area contributed by atoms with E-state index in [2.05, 4.69) is 10.3 Å². The number of rotatable bonds is 7. The average Bonchev–Trinajstić information content (AvgIpc) is 2.55. The molecular weight excluding hydrogens is 326 g/mol. The maximum absolute atomic E-state index is 12.3. The van der Waals surface area contributed by atoms with Crippen molar-refractivity contribution in [3.8, 4) is 0 Å². The molecule has 134 valence electrons. The summed E-state index contributed by atoms with van der Waals surface area (Å²) in [5.74, 6) is -1.76. The molecule has 0 bridgehead atoms. The van der Waals surface area contributed by atoms with Crippen LogP contribution in [0.3, 0.4) is 0 Å². The summed E-state index contributed by atoms with van der Waals surface area (Å²) >= 11 is 0. The third-order valence-electron chi connectivity index (χ3n) is 3.92. The zero-order chi connectivity index (χ0) is 18.6. The predicted molar refractivity (Wildman–Crippen MR) is 92.5 cm³/mol. The number of carbonyl (C=O) groups is 2. The minimum absolute atomic E-state index is 0.0230. The van der Waals surface area contributed by atoms with Crippen LogP contribution in [0.5, 0.6) is 0 Å². The van der Waals surface area contributed by atoms with E-state index in [-0.39, 0.29) is 25.3 Å². The van der Waals surface area contributed by atoms with Crippen LogP contribution in [0, 0.1) is 5.92 Å². The van der Waals surface area contributed by atoms with Crippen LogP contribution < -0.4 is 16.6 Å². The fraction of sp³-hybridized carbons (Fsp3) is 0.412. The number of carboxylic acid groups (broad SMARTS) is 1. The molecule has 8 heteroatoms. The maximum Gasteiger partial charge on any atom is 0.328 e. The Morgan fingerprint density at radius 3 is 2.56 bits per heavy atom. The number of fused-ring (bicyclic) bond motifs is 1. The van der Waals surface area contributed by atoms with E-state index in [0.29, 0.717) is 10.9 Å². The Labute approximate surface area is 143 Å². The van der Waals surface area contributed by atoms with Crippen molar-refractivity contribution < 1.29 is 14.7 Å². The number of carboxylic acids is 1. The van der Waals surface area contributed by atoms with Crippen LogP contribution in [0.25, 0.3) is 10.9 Å². The number of nitrogens with one attached hydrogen (secondary N) is 2. The highest BCUT2D eigenvalue weighted by atomic mass is 16.4. The Bertz CT molecular complexity index is 897. The summed E-state index contributed by atoms with van der Waals surface area (Å²) in [5, 5.41) is 11.9. The predicted octanol–water partition coefficient (Wildman–Crippen LogP) is 0.695. The second-order valence-electron chi connectivity index (χ2n) is 6.16. The molecule has 1 aromatic carbocycles. The molecule has 0 fully saturated rings. The Kier molecular flexibility index (Phi) is 5.74. The lowest BCUT2D eigenvalue weighted by molar-refractivity contribution is -0.143. The highest BCUT2D eigenvalue weighted by Gasteiger charge is 2.23. The Hall–Kier alpha value is -2.90. The second-order valence-corrected chi connectivity index (χ2v) is 6.16. The van der Waals surface area contributed by atoms with E-state index in [4.69, 9.17) is 5.11 Å². The Balaban J connectivity index is 2.04. The molecule has 0 spiro atoms. The van der Waals surface area contributed by atoms with Gasteiger partial charge in [0.15, 0.2) is 0 Å². The van der Waals surface area contributed by atoms with Gasteiger partial charge in [-0.3, -0.25) is 14.2 Å². The molecule has 0 saturated heterocycles. The normalized spacial score (nSPS) is 12.3. The van der Waals surface area contributed by atoms with Gasteiger partial charge in [0.2, 0.25) is 5.91 Å². The van der Waals surface area contributed by atoms with Crippen molar-refractivity contribution in [1.82, 2.24) is 14.9 Å². The first-order valence-corrected chi connectivity index (χ1v) is 8.05.